The Morgan fingerprint density at radius 3 is 2.29 bits per heavy atom. The fourth-order valence-corrected chi connectivity index (χ4v) is 4.03. The van der Waals surface area contributed by atoms with E-state index in [1.165, 1.54) is 32.4 Å². The first kappa shape index (κ1) is 18.4. The summed E-state index contributed by atoms with van der Waals surface area (Å²) < 4.78 is 48.5. The lowest BCUT2D eigenvalue weighted by Crippen LogP contribution is -2.13. The van der Waals surface area contributed by atoms with Crippen molar-refractivity contribution in [2.45, 2.75) is 10.6 Å². The Morgan fingerprint density at radius 2 is 1.75 bits per heavy atom. The van der Waals surface area contributed by atoms with Gasteiger partial charge in [-0.1, -0.05) is 6.07 Å². The number of ether oxygens (including phenoxy) is 2. The summed E-state index contributed by atoms with van der Waals surface area (Å²) in [4.78, 5) is 12.0. The Kier molecular flexibility index (Phi) is 5.61. The Hall–Kier alpha value is -1.93. The number of methoxy groups -OCH3 is 2. The predicted molar refractivity (Wildman–Crippen MR) is 89.3 cm³/mol. The topological polar surface area (TPSA) is 69.7 Å². The van der Waals surface area contributed by atoms with E-state index in [-0.39, 0.29) is 21.8 Å². The molecule has 0 radical (unpaired) electrons. The van der Waals surface area contributed by atoms with E-state index < -0.39 is 27.4 Å². The highest BCUT2D eigenvalue weighted by Gasteiger charge is 2.25. The number of hydrogen-bond acceptors (Lipinski definition) is 5. The third-order valence-electron chi connectivity index (χ3n) is 3.31. The van der Waals surface area contributed by atoms with Gasteiger partial charge in [-0.05, 0) is 51.8 Å². The fraction of sp³-hybridized carbons (Fsp3) is 0.188. The summed E-state index contributed by atoms with van der Waals surface area (Å²) in [6, 6.07) is 7.57. The highest BCUT2D eigenvalue weighted by Crippen LogP contribution is 2.33. The van der Waals surface area contributed by atoms with E-state index in [9.17, 15) is 17.6 Å². The van der Waals surface area contributed by atoms with Crippen LogP contribution >= 0.6 is 15.9 Å². The minimum absolute atomic E-state index is 0.0278. The quantitative estimate of drug-likeness (QED) is 0.551. The lowest BCUT2D eigenvalue weighted by atomic mass is 10.1. The van der Waals surface area contributed by atoms with Gasteiger partial charge in [0.25, 0.3) is 0 Å². The molecule has 5 nitrogen and oxygen atoms in total. The lowest BCUT2D eigenvalue weighted by molar-refractivity contribution is 0.0596. The maximum atomic E-state index is 13.0. The van der Waals surface area contributed by atoms with Crippen LogP contribution in [0.5, 0.6) is 5.75 Å². The number of rotatable bonds is 5. The fourth-order valence-electron chi connectivity index (χ4n) is 2.17. The molecule has 0 heterocycles. The molecule has 0 fully saturated rings. The average molecular weight is 417 g/mol. The van der Waals surface area contributed by atoms with Crippen molar-refractivity contribution >= 4 is 31.7 Å². The molecule has 2 rings (SSSR count). The molecule has 0 saturated heterocycles. The molecule has 0 saturated carbocycles. The van der Waals surface area contributed by atoms with E-state index in [1.807, 2.05) is 0 Å². The molecule has 0 unspecified atom stereocenters. The summed E-state index contributed by atoms with van der Waals surface area (Å²) in [7, 11) is -1.22. The van der Waals surface area contributed by atoms with Gasteiger partial charge < -0.3 is 9.47 Å². The maximum Gasteiger partial charge on any atom is 0.342 e. The van der Waals surface area contributed by atoms with Crippen LogP contribution in [0.25, 0.3) is 0 Å². The Bertz CT molecular complexity index is 863. The summed E-state index contributed by atoms with van der Waals surface area (Å²) in [5, 5.41) is 0. The molecule has 0 aliphatic heterocycles. The number of halogens is 2. The van der Waals surface area contributed by atoms with Crippen molar-refractivity contribution in [2.75, 3.05) is 14.2 Å². The summed E-state index contributed by atoms with van der Waals surface area (Å²) in [5.74, 6) is -1.51. The summed E-state index contributed by atoms with van der Waals surface area (Å²) in [6.45, 7) is 0. The van der Waals surface area contributed by atoms with Crippen LogP contribution in [-0.2, 0) is 20.3 Å². The normalized spacial score (nSPS) is 11.2. The van der Waals surface area contributed by atoms with Gasteiger partial charge in [-0.3, -0.25) is 0 Å². The minimum Gasteiger partial charge on any atom is -0.495 e. The van der Waals surface area contributed by atoms with Gasteiger partial charge in [0.05, 0.1) is 29.3 Å². The van der Waals surface area contributed by atoms with Crippen LogP contribution in [0.3, 0.4) is 0 Å². The van der Waals surface area contributed by atoms with Crippen molar-refractivity contribution < 1.29 is 27.1 Å². The van der Waals surface area contributed by atoms with Crippen LogP contribution in [0.1, 0.15) is 15.9 Å². The SMILES string of the molecule is COC(=O)c1c(CS(=O)(=O)c2ccc(F)cc2)ccc(Br)c1OC. The van der Waals surface area contributed by atoms with E-state index >= 15 is 0 Å². The van der Waals surface area contributed by atoms with Crippen LogP contribution in [-0.4, -0.2) is 28.6 Å². The number of benzene rings is 2. The van der Waals surface area contributed by atoms with Crippen LogP contribution in [0, 0.1) is 5.82 Å². The van der Waals surface area contributed by atoms with Crippen molar-refractivity contribution in [3.05, 3.63) is 57.8 Å². The summed E-state index contributed by atoms with van der Waals surface area (Å²) in [5.41, 5.74) is 0.256. The van der Waals surface area contributed by atoms with Gasteiger partial charge in [-0.25, -0.2) is 17.6 Å². The molecule has 0 amide bonds. The number of carbonyl (C=O) groups is 1. The highest BCUT2D eigenvalue weighted by atomic mass is 79.9. The number of carbonyl (C=O) groups excluding carboxylic acids is 1. The zero-order chi connectivity index (χ0) is 17.9. The summed E-state index contributed by atoms with van der Waals surface area (Å²) >= 11 is 3.25. The lowest BCUT2D eigenvalue weighted by Gasteiger charge is -2.14. The van der Waals surface area contributed by atoms with E-state index in [0.717, 1.165) is 12.1 Å². The van der Waals surface area contributed by atoms with Crippen LogP contribution < -0.4 is 4.74 Å². The molecule has 0 atom stereocenters. The Labute approximate surface area is 147 Å². The van der Waals surface area contributed by atoms with E-state index in [4.69, 9.17) is 9.47 Å². The Balaban J connectivity index is 2.53. The largest absolute Gasteiger partial charge is 0.495 e. The molecule has 0 bridgehead atoms. The molecule has 8 heteroatoms. The third-order valence-corrected chi connectivity index (χ3v) is 5.61. The van der Waals surface area contributed by atoms with Gasteiger partial charge >= 0.3 is 5.97 Å². The molecule has 0 N–H and O–H groups in total. The zero-order valence-electron chi connectivity index (χ0n) is 12.9. The number of hydrogen-bond donors (Lipinski definition) is 0. The van der Waals surface area contributed by atoms with Crippen molar-refractivity contribution in [1.82, 2.24) is 0 Å². The number of sulfone groups is 1. The van der Waals surface area contributed by atoms with Gasteiger partial charge in [-0.2, -0.15) is 0 Å². The molecule has 0 aliphatic carbocycles. The van der Waals surface area contributed by atoms with Crippen LogP contribution in [0.2, 0.25) is 0 Å². The second kappa shape index (κ2) is 7.31. The van der Waals surface area contributed by atoms with Gasteiger partial charge in [0.15, 0.2) is 9.84 Å². The van der Waals surface area contributed by atoms with Crippen molar-refractivity contribution in [3.8, 4) is 5.75 Å². The second-order valence-corrected chi connectivity index (χ2v) is 7.66. The summed E-state index contributed by atoms with van der Waals surface area (Å²) in [6.07, 6.45) is 0. The molecule has 2 aromatic carbocycles. The van der Waals surface area contributed by atoms with Crippen LogP contribution in [0.4, 0.5) is 4.39 Å². The smallest absolute Gasteiger partial charge is 0.342 e. The van der Waals surface area contributed by atoms with Crippen LogP contribution in [0.15, 0.2) is 45.8 Å². The molecule has 128 valence electrons. The molecule has 0 aliphatic rings. The predicted octanol–water partition coefficient (Wildman–Crippen LogP) is 3.36. The zero-order valence-corrected chi connectivity index (χ0v) is 15.3. The van der Waals surface area contributed by atoms with Crippen molar-refractivity contribution in [3.63, 3.8) is 0 Å². The Morgan fingerprint density at radius 1 is 1.12 bits per heavy atom. The van der Waals surface area contributed by atoms with Crippen molar-refractivity contribution in [2.24, 2.45) is 0 Å². The van der Waals surface area contributed by atoms with Gasteiger partial charge in [0.1, 0.15) is 17.1 Å². The monoisotopic (exact) mass is 416 g/mol. The van der Waals surface area contributed by atoms with Gasteiger partial charge in [-0.15, -0.1) is 0 Å². The molecule has 0 aromatic heterocycles. The first-order valence-electron chi connectivity index (χ1n) is 6.72. The van der Waals surface area contributed by atoms with Crippen molar-refractivity contribution in [1.29, 1.82) is 0 Å². The highest BCUT2D eigenvalue weighted by molar-refractivity contribution is 9.10. The minimum atomic E-state index is -3.78. The van der Waals surface area contributed by atoms with Gasteiger partial charge in [0.2, 0.25) is 0 Å². The number of esters is 1. The van der Waals surface area contributed by atoms with Gasteiger partial charge in [0, 0.05) is 0 Å². The molecule has 2 aromatic rings. The first-order valence-corrected chi connectivity index (χ1v) is 9.16. The van der Waals surface area contributed by atoms with E-state index in [2.05, 4.69) is 15.9 Å². The maximum absolute atomic E-state index is 13.0. The molecule has 0 spiro atoms. The second-order valence-electron chi connectivity index (χ2n) is 4.82. The average Bonchev–Trinajstić information content (AvgIpc) is 2.55. The molecular formula is C16H14BrFO5S. The van der Waals surface area contributed by atoms with E-state index in [1.54, 1.807) is 6.07 Å². The first-order chi connectivity index (χ1) is 11.3. The third kappa shape index (κ3) is 3.76. The standard InChI is InChI=1S/C16H14BrFO5S/c1-22-15-13(17)8-3-10(14(15)16(19)23-2)9-24(20,21)12-6-4-11(18)5-7-12/h3-8H,9H2,1-2H3. The van der Waals surface area contributed by atoms with E-state index in [0.29, 0.717) is 4.47 Å². The molecule has 24 heavy (non-hydrogen) atoms. The molecular weight excluding hydrogens is 403 g/mol.